The highest BCUT2D eigenvalue weighted by Crippen LogP contribution is 2.88. The van der Waals surface area contributed by atoms with Crippen LogP contribution in [0.1, 0.15) is 94.4 Å². The summed E-state index contributed by atoms with van der Waals surface area (Å²) in [5.41, 5.74) is -1.08. The van der Waals surface area contributed by atoms with Crippen LogP contribution in [-0.4, -0.2) is 94.3 Å². The van der Waals surface area contributed by atoms with E-state index in [1.54, 1.807) is 0 Å². The number of fused-ring (bicyclic) bond motifs is 4. The molecule has 3 heterocycles. The summed E-state index contributed by atoms with van der Waals surface area (Å²) < 4.78 is 37.4. The van der Waals surface area contributed by atoms with Gasteiger partial charge in [0.2, 0.25) is 0 Å². The zero-order valence-electron chi connectivity index (χ0n) is 30.9. The molecule has 11 heteroatoms. The Labute approximate surface area is 295 Å². The molecule has 3 aliphatic heterocycles. The number of rotatable bonds is 5. The lowest BCUT2D eigenvalue weighted by Gasteiger charge is -2.59. The maximum absolute atomic E-state index is 12.8. The SMILES string of the molecule is CC(=O)O[C@H]1[C@H](O[C@H]2C=C[C@]34C[C@]35CC[C@]3(C)[C@H]6[C@H](C)C[C@H]7O[C@@]6(O[C@@H]7C(C)(C)OC(C)=O)[C@H](O)[C@@]3(C)C5=CCC4C2(C)C)OC[C@H](O)[C@@H]1O. The van der Waals surface area contributed by atoms with E-state index in [0.29, 0.717) is 0 Å². The van der Waals surface area contributed by atoms with Crippen molar-refractivity contribution in [2.24, 2.45) is 44.8 Å². The molecule has 8 rings (SSSR count). The first kappa shape index (κ1) is 35.2. The Balaban J connectivity index is 1.11. The lowest BCUT2D eigenvalue weighted by atomic mass is 9.45. The van der Waals surface area contributed by atoms with Gasteiger partial charge in [0.25, 0.3) is 0 Å². The molecular formula is C39H56O11. The lowest BCUT2D eigenvalue weighted by molar-refractivity contribution is -0.293. The third kappa shape index (κ3) is 4.17. The molecule has 0 aromatic rings. The van der Waals surface area contributed by atoms with Crippen LogP contribution in [0.4, 0.5) is 0 Å². The van der Waals surface area contributed by atoms with Crippen molar-refractivity contribution in [1.29, 1.82) is 0 Å². The first-order chi connectivity index (χ1) is 23.2. The summed E-state index contributed by atoms with van der Waals surface area (Å²) in [6.07, 6.45) is 4.58. The number of esters is 2. The molecular weight excluding hydrogens is 644 g/mol. The molecule has 50 heavy (non-hydrogen) atoms. The number of carbonyl (C=O) groups is 2. The van der Waals surface area contributed by atoms with Crippen molar-refractivity contribution in [1.82, 2.24) is 0 Å². The van der Waals surface area contributed by atoms with Crippen molar-refractivity contribution < 1.29 is 53.3 Å². The third-order valence-electron chi connectivity index (χ3n) is 15.4. The van der Waals surface area contributed by atoms with E-state index >= 15 is 0 Å². The van der Waals surface area contributed by atoms with Crippen LogP contribution in [0.3, 0.4) is 0 Å². The minimum atomic E-state index is -1.32. The zero-order chi connectivity index (χ0) is 36.2. The average Bonchev–Trinajstić information content (AvgIpc) is 3.53. The molecule has 6 fully saturated rings. The Morgan fingerprint density at radius 1 is 1.02 bits per heavy atom. The van der Waals surface area contributed by atoms with Gasteiger partial charge in [-0.05, 0) is 68.6 Å². The second-order valence-electron chi connectivity index (χ2n) is 18.6. The van der Waals surface area contributed by atoms with Gasteiger partial charge in [-0.1, -0.05) is 58.4 Å². The second-order valence-corrected chi connectivity index (χ2v) is 18.6. The molecule has 0 aromatic heterocycles. The smallest absolute Gasteiger partial charge is 0.303 e. The quantitative estimate of drug-likeness (QED) is 0.283. The standard InChI is InChI=1S/C39H56O11/c1-19-16-23-30(34(6,7)48-21(3)41)50-39(49-23)29(19)35(8)14-15-38-18-37(38)13-12-26(47-31-28(46-20(2)40)27(43)22(42)17-45-31)33(4,5)24(37)10-11-25(38)36(35,9)32(39)44/h11-13,19,22-24,26-32,42-44H,10,14-18H2,1-9H3/t19-,22+,23-,24?,26+,27+,28-,29-,30+,31+,32-,35-,36-,37-,38+,39+/m1/s1. The van der Waals surface area contributed by atoms with Gasteiger partial charge >= 0.3 is 11.9 Å². The van der Waals surface area contributed by atoms with E-state index in [2.05, 4.69) is 52.8 Å². The number of aliphatic hydroxyl groups is 3. The summed E-state index contributed by atoms with van der Waals surface area (Å²) in [6.45, 7) is 17.6. The monoisotopic (exact) mass is 700 g/mol. The highest BCUT2D eigenvalue weighted by molar-refractivity contribution is 5.66. The molecule has 0 amide bonds. The molecule has 278 valence electrons. The van der Waals surface area contributed by atoms with Crippen LogP contribution in [0.2, 0.25) is 0 Å². The van der Waals surface area contributed by atoms with E-state index < -0.39 is 65.7 Å². The highest BCUT2D eigenvalue weighted by atomic mass is 16.8. The van der Waals surface area contributed by atoms with Crippen LogP contribution in [0, 0.1) is 44.8 Å². The Bertz CT molecular complexity index is 1540. The predicted molar refractivity (Wildman–Crippen MR) is 178 cm³/mol. The fourth-order valence-electron chi connectivity index (χ4n) is 13.2. The molecule has 1 unspecified atom stereocenters. The fraction of sp³-hybridized carbons (Fsp3) is 0.846. The first-order valence-corrected chi connectivity index (χ1v) is 18.7. The van der Waals surface area contributed by atoms with E-state index in [1.165, 1.54) is 19.4 Å². The van der Waals surface area contributed by atoms with Gasteiger partial charge in [0.05, 0.1) is 18.8 Å². The van der Waals surface area contributed by atoms with Crippen LogP contribution >= 0.6 is 0 Å². The van der Waals surface area contributed by atoms with Crippen molar-refractivity contribution in [2.75, 3.05) is 6.61 Å². The van der Waals surface area contributed by atoms with Crippen molar-refractivity contribution in [3.8, 4) is 0 Å². The van der Waals surface area contributed by atoms with E-state index in [-0.39, 0.29) is 58.1 Å². The molecule has 3 saturated heterocycles. The van der Waals surface area contributed by atoms with E-state index in [0.717, 1.165) is 32.1 Å². The molecule has 16 atom stereocenters. The van der Waals surface area contributed by atoms with Gasteiger partial charge in [-0.25, -0.2) is 0 Å². The summed E-state index contributed by atoms with van der Waals surface area (Å²) in [5.74, 6) is -1.74. The molecule has 0 radical (unpaired) electrons. The number of hydrogen-bond acceptors (Lipinski definition) is 11. The Morgan fingerprint density at radius 2 is 1.74 bits per heavy atom. The third-order valence-corrected chi connectivity index (χ3v) is 15.4. The summed E-state index contributed by atoms with van der Waals surface area (Å²) >= 11 is 0. The molecule has 2 bridgehead atoms. The maximum atomic E-state index is 12.8. The number of ether oxygens (including phenoxy) is 6. The molecule has 11 nitrogen and oxygen atoms in total. The summed E-state index contributed by atoms with van der Waals surface area (Å²) in [5, 5.41) is 33.7. The van der Waals surface area contributed by atoms with Crippen LogP contribution in [0.25, 0.3) is 0 Å². The van der Waals surface area contributed by atoms with Gasteiger partial charge in [0, 0.05) is 36.0 Å². The molecule has 3 spiro atoms. The first-order valence-electron chi connectivity index (χ1n) is 18.7. The Hall–Kier alpha value is -1.86. The van der Waals surface area contributed by atoms with E-state index in [4.69, 9.17) is 28.4 Å². The molecule has 5 aliphatic carbocycles. The zero-order valence-corrected chi connectivity index (χ0v) is 30.9. The average molecular weight is 701 g/mol. The van der Waals surface area contributed by atoms with Gasteiger partial charge in [0.15, 0.2) is 18.2 Å². The van der Waals surface area contributed by atoms with Gasteiger partial charge in [-0.2, -0.15) is 0 Å². The molecule has 0 aromatic carbocycles. The Kier molecular flexibility index (Phi) is 7.48. The van der Waals surface area contributed by atoms with E-state index in [9.17, 15) is 24.9 Å². The predicted octanol–water partition coefficient (Wildman–Crippen LogP) is 3.96. The van der Waals surface area contributed by atoms with Crippen molar-refractivity contribution >= 4 is 11.9 Å². The van der Waals surface area contributed by atoms with Crippen molar-refractivity contribution in [3.05, 3.63) is 23.8 Å². The highest BCUT2D eigenvalue weighted by Gasteiger charge is 2.86. The van der Waals surface area contributed by atoms with Gasteiger partial charge < -0.3 is 43.7 Å². The maximum Gasteiger partial charge on any atom is 0.303 e. The van der Waals surface area contributed by atoms with Gasteiger partial charge in [0.1, 0.15) is 30.0 Å². The van der Waals surface area contributed by atoms with Crippen molar-refractivity contribution in [2.45, 2.75) is 155 Å². The normalized spacial score (nSPS) is 53.9. The summed E-state index contributed by atoms with van der Waals surface area (Å²) in [4.78, 5) is 24.0. The van der Waals surface area contributed by atoms with Crippen LogP contribution in [0.15, 0.2) is 23.8 Å². The van der Waals surface area contributed by atoms with Crippen LogP contribution < -0.4 is 0 Å². The lowest BCUT2D eigenvalue weighted by Crippen LogP contribution is -2.58. The number of carbonyl (C=O) groups excluding carboxylic acids is 2. The molecule has 3 saturated carbocycles. The Morgan fingerprint density at radius 3 is 2.42 bits per heavy atom. The van der Waals surface area contributed by atoms with Crippen molar-refractivity contribution in [3.63, 3.8) is 0 Å². The summed E-state index contributed by atoms with van der Waals surface area (Å²) in [7, 11) is 0. The molecule has 8 aliphatic rings. The summed E-state index contributed by atoms with van der Waals surface area (Å²) in [6, 6.07) is 0. The largest absolute Gasteiger partial charge is 0.457 e. The van der Waals surface area contributed by atoms with E-state index in [1.807, 2.05) is 13.8 Å². The van der Waals surface area contributed by atoms with Gasteiger partial charge in [-0.15, -0.1) is 0 Å². The molecule has 3 N–H and O–H groups in total. The number of hydrogen-bond donors (Lipinski definition) is 3. The van der Waals surface area contributed by atoms with Gasteiger partial charge in [-0.3, -0.25) is 9.59 Å². The van der Waals surface area contributed by atoms with Crippen LogP contribution in [0.5, 0.6) is 0 Å². The topological polar surface area (TPSA) is 150 Å². The van der Waals surface area contributed by atoms with Crippen LogP contribution in [-0.2, 0) is 38.0 Å². The second kappa shape index (κ2) is 10.6. The number of aliphatic hydroxyl groups excluding tert-OH is 3. The minimum absolute atomic E-state index is 0.0410. The number of allylic oxidation sites excluding steroid dienone is 2. The minimum Gasteiger partial charge on any atom is -0.457 e. The fourth-order valence-corrected chi connectivity index (χ4v) is 13.2.